The Morgan fingerprint density at radius 2 is 1.68 bits per heavy atom. The fourth-order valence-corrected chi connectivity index (χ4v) is 4.52. The molecule has 0 unspecified atom stereocenters. The summed E-state index contributed by atoms with van der Waals surface area (Å²) in [5.41, 5.74) is 2.74. The van der Waals surface area contributed by atoms with Crippen molar-refractivity contribution in [2.45, 2.75) is 50.8 Å². The van der Waals surface area contributed by atoms with Crippen LogP contribution in [0.3, 0.4) is 0 Å². The van der Waals surface area contributed by atoms with Gasteiger partial charge in [-0.05, 0) is 29.5 Å². The lowest BCUT2D eigenvalue weighted by molar-refractivity contribution is -0.142. The lowest BCUT2D eigenvalue weighted by Crippen LogP contribution is -2.52. The van der Waals surface area contributed by atoms with Crippen LogP contribution in [0.15, 0.2) is 54.6 Å². The Balaban J connectivity index is 1.63. The van der Waals surface area contributed by atoms with Crippen LogP contribution in [0.2, 0.25) is 0 Å². The Morgan fingerprint density at radius 1 is 1.00 bits per heavy atom. The number of β-amino-alcohol motifs (C(OH)–C–C–N with tert-alkyl or cyclic N) is 1. The number of aliphatic hydroxyl groups excluding tert-OH is 1. The molecule has 11 heteroatoms. The molecule has 1 aliphatic heterocycles. The van der Waals surface area contributed by atoms with Crippen molar-refractivity contribution in [1.29, 1.82) is 0 Å². The highest BCUT2D eigenvalue weighted by Crippen LogP contribution is 2.20. The van der Waals surface area contributed by atoms with E-state index in [4.69, 9.17) is 0 Å². The molecule has 3 amide bonds. The molecule has 0 saturated carbocycles. The molecule has 1 aliphatic rings. The number of hydrogen-bond donors (Lipinski definition) is 6. The summed E-state index contributed by atoms with van der Waals surface area (Å²) in [6, 6.07) is 14.7. The van der Waals surface area contributed by atoms with Crippen molar-refractivity contribution >= 4 is 23.9 Å². The number of aliphatic carboxylic acids is 2. The van der Waals surface area contributed by atoms with Gasteiger partial charge in [0.25, 0.3) is 0 Å². The topological polar surface area (TPSA) is 168 Å². The Morgan fingerprint density at radius 3 is 2.25 bits per heavy atom. The second-order valence-electron chi connectivity index (χ2n) is 10.0. The van der Waals surface area contributed by atoms with E-state index in [1.807, 2.05) is 61.5 Å². The molecule has 3 rings (SSSR count). The van der Waals surface area contributed by atoms with Crippen LogP contribution < -0.4 is 16.0 Å². The number of urea groups is 1. The van der Waals surface area contributed by atoms with Crippen molar-refractivity contribution in [2.24, 2.45) is 5.92 Å². The number of aliphatic hydroxyl groups is 1. The summed E-state index contributed by atoms with van der Waals surface area (Å²) in [6.07, 6.45) is 0.984. The molecule has 0 aliphatic carbocycles. The molecule has 1 fully saturated rings. The van der Waals surface area contributed by atoms with Crippen LogP contribution in [0.25, 0.3) is 11.1 Å². The molecule has 1 saturated heterocycles. The van der Waals surface area contributed by atoms with Crippen molar-refractivity contribution < 1.29 is 34.5 Å². The van der Waals surface area contributed by atoms with Gasteiger partial charge >= 0.3 is 18.0 Å². The quantitative estimate of drug-likeness (QED) is 0.205. The number of carboxylic acids is 2. The van der Waals surface area contributed by atoms with Gasteiger partial charge in [-0.2, -0.15) is 0 Å². The molecule has 0 spiro atoms. The molecular weight excluding hydrogens is 516 g/mol. The zero-order valence-electron chi connectivity index (χ0n) is 22.6. The molecule has 1 heterocycles. The number of amides is 3. The number of carbonyl (C=O) groups excluding carboxylic acids is 2. The van der Waals surface area contributed by atoms with Crippen molar-refractivity contribution in [1.82, 2.24) is 20.9 Å². The molecule has 40 heavy (non-hydrogen) atoms. The Bertz CT molecular complexity index is 1140. The van der Waals surface area contributed by atoms with Gasteiger partial charge in [-0.1, -0.05) is 67.9 Å². The maximum atomic E-state index is 13.2. The summed E-state index contributed by atoms with van der Waals surface area (Å²) in [7, 11) is 0. The van der Waals surface area contributed by atoms with Gasteiger partial charge in [0.1, 0.15) is 6.04 Å². The van der Waals surface area contributed by atoms with Crippen LogP contribution in [0.4, 0.5) is 4.79 Å². The van der Waals surface area contributed by atoms with E-state index in [1.54, 1.807) is 0 Å². The average Bonchev–Trinajstić information content (AvgIpc) is 3.39. The molecule has 0 radical (unpaired) electrons. The number of benzene rings is 2. The maximum absolute atomic E-state index is 13.2. The Kier molecular flexibility index (Phi) is 11.5. The first-order chi connectivity index (χ1) is 19.2. The normalized spacial score (nSPS) is 17.9. The van der Waals surface area contributed by atoms with Gasteiger partial charge in [0.05, 0.1) is 18.1 Å². The van der Waals surface area contributed by atoms with Crippen LogP contribution in [0.1, 0.15) is 31.7 Å². The summed E-state index contributed by atoms with van der Waals surface area (Å²) in [4.78, 5) is 50.8. The van der Waals surface area contributed by atoms with Gasteiger partial charge in [-0.3, -0.25) is 9.59 Å². The van der Waals surface area contributed by atoms with Crippen LogP contribution in [0, 0.1) is 5.92 Å². The monoisotopic (exact) mass is 554 g/mol. The summed E-state index contributed by atoms with van der Waals surface area (Å²) in [5, 5.41) is 37.2. The number of carboxylic acid groups (broad SMARTS) is 2. The van der Waals surface area contributed by atoms with E-state index in [-0.39, 0.29) is 39.0 Å². The third-order valence-electron chi connectivity index (χ3n) is 6.90. The maximum Gasteiger partial charge on any atom is 0.326 e. The number of rotatable bonds is 14. The van der Waals surface area contributed by atoms with Gasteiger partial charge in [-0.25, -0.2) is 9.59 Å². The van der Waals surface area contributed by atoms with Crippen molar-refractivity contribution in [3.05, 3.63) is 60.2 Å². The van der Waals surface area contributed by atoms with Gasteiger partial charge in [-0.15, -0.1) is 0 Å². The van der Waals surface area contributed by atoms with Gasteiger partial charge in [0.2, 0.25) is 5.91 Å². The lowest BCUT2D eigenvalue weighted by atomic mass is 10.0. The largest absolute Gasteiger partial charge is 0.481 e. The molecule has 4 atom stereocenters. The minimum atomic E-state index is -1.22. The molecule has 0 bridgehead atoms. The molecule has 2 aromatic carbocycles. The first kappa shape index (κ1) is 30.6. The van der Waals surface area contributed by atoms with E-state index in [2.05, 4.69) is 16.0 Å². The van der Waals surface area contributed by atoms with Crippen molar-refractivity contribution in [3.8, 4) is 11.1 Å². The zero-order chi connectivity index (χ0) is 29.1. The van der Waals surface area contributed by atoms with E-state index >= 15 is 0 Å². The highest BCUT2D eigenvalue weighted by atomic mass is 16.4. The molecule has 0 aromatic heterocycles. The summed E-state index contributed by atoms with van der Waals surface area (Å²) >= 11 is 0. The van der Waals surface area contributed by atoms with Gasteiger partial charge < -0.3 is 36.2 Å². The average molecular weight is 555 g/mol. The van der Waals surface area contributed by atoms with E-state index in [9.17, 15) is 34.5 Å². The number of hydrogen-bond acceptors (Lipinski definition) is 6. The van der Waals surface area contributed by atoms with Crippen LogP contribution >= 0.6 is 0 Å². The third kappa shape index (κ3) is 9.06. The number of nitrogens with zero attached hydrogens (tertiary/aromatic N) is 1. The molecular formula is C29H38N4O7. The third-order valence-corrected chi connectivity index (χ3v) is 6.90. The van der Waals surface area contributed by atoms with E-state index in [1.165, 1.54) is 4.90 Å². The second-order valence-corrected chi connectivity index (χ2v) is 10.0. The Hall–Kier alpha value is -3.96. The SMILES string of the molecule is CCCCN(C[C@H](CNC(=O)[C@@H]1C[C@@H](O)CN1)C(=O)O)C(=O)N[C@@H](Cc1ccc(-c2ccccc2)cc1)C(=O)O. The van der Waals surface area contributed by atoms with E-state index < -0.39 is 48.0 Å². The van der Waals surface area contributed by atoms with Crippen molar-refractivity contribution in [3.63, 3.8) is 0 Å². The molecule has 216 valence electrons. The highest BCUT2D eigenvalue weighted by Gasteiger charge is 2.31. The highest BCUT2D eigenvalue weighted by molar-refractivity contribution is 5.84. The first-order valence-corrected chi connectivity index (χ1v) is 13.5. The fraction of sp³-hybridized carbons (Fsp3) is 0.448. The van der Waals surface area contributed by atoms with Gasteiger partial charge in [0.15, 0.2) is 0 Å². The molecule has 2 aromatic rings. The Labute approximate surface area is 233 Å². The summed E-state index contributed by atoms with van der Waals surface area (Å²) < 4.78 is 0. The minimum Gasteiger partial charge on any atom is -0.481 e. The standard InChI is InChI=1S/C29H38N4O7/c1-2-3-13-33(18-22(27(36)37)16-31-26(35)24-15-23(34)17-30-24)29(40)32-25(28(38)39)14-19-9-11-21(12-10-19)20-7-5-4-6-8-20/h4-12,22-25,30,34H,2-3,13-18H2,1H3,(H,31,35)(H,32,40)(H,36,37)(H,38,39)/t22-,23+,24-,25-/m0/s1. The number of nitrogens with one attached hydrogen (secondary N) is 3. The zero-order valence-corrected chi connectivity index (χ0v) is 22.6. The van der Waals surface area contributed by atoms with Crippen LogP contribution in [-0.4, -0.2) is 88.5 Å². The van der Waals surface area contributed by atoms with E-state index in [0.29, 0.717) is 6.42 Å². The fourth-order valence-electron chi connectivity index (χ4n) is 4.52. The van der Waals surface area contributed by atoms with Crippen molar-refractivity contribution in [2.75, 3.05) is 26.2 Å². The van der Waals surface area contributed by atoms with Crippen LogP contribution in [-0.2, 0) is 20.8 Å². The predicted molar refractivity (Wildman–Crippen MR) is 149 cm³/mol. The smallest absolute Gasteiger partial charge is 0.326 e. The van der Waals surface area contributed by atoms with Crippen LogP contribution in [0.5, 0.6) is 0 Å². The second kappa shape index (κ2) is 15.0. The number of unbranched alkanes of at least 4 members (excludes halogenated alkanes) is 1. The molecule has 11 nitrogen and oxygen atoms in total. The van der Waals surface area contributed by atoms with E-state index in [0.717, 1.165) is 23.1 Å². The molecule has 6 N–H and O–H groups in total. The first-order valence-electron chi connectivity index (χ1n) is 13.5. The minimum absolute atomic E-state index is 0.0520. The van der Waals surface area contributed by atoms with Gasteiger partial charge in [0, 0.05) is 32.6 Å². The predicted octanol–water partition coefficient (Wildman–Crippen LogP) is 1.70. The summed E-state index contributed by atoms with van der Waals surface area (Å²) in [5.74, 6) is -3.92. The lowest BCUT2D eigenvalue weighted by Gasteiger charge is -2.28. The number of carbonyl (C=O) groups is 4. The summed E-state index contributed by atoms with van der Waals surface area (Å²) in [6.45, 7) is 2.02.